The lowest BCUT2D eigenvalue weighted by Gasteiger charge is -2.70. The van der Waals surface area contributed by atoms with Crippen LogP contribution >= 0.6 is 0 Å². The Morgan fingerprint density at radius 3 is 2.19 bits per heavy atom. The molecule has 0 aromatic heterocycles. The Kier molecular flexibility index (Phi) is 5.78. The van der Waals surface area contributed by atoms with Crippen molar-refractivity contribution in [3.63, 3.8) is 0 Å². The summed E-state index contributed by atoms with van der Waals surface area (Å²) < 4.78 is 5.21. The van der Waals surface area contributed by atoms with Gasteiger partial charge in [-0.1, -0.05) is 47.1 Å². The molecule has 2 unspecified atom stereocenters. The van der Waals surface area contributed by atoms with Crippen molar-refractivity contribution >= 4 is 17.7 Å². The number of esters is 1. The molecular formula is C32H48O5. The Hall–Kier alpha value is -1.65. The number of carboxylic acids is 1. The molecule has 4 fully saturated rings. The van der Waals surface area contributed by atoms with Gasteiger partial charge in [0.25, 0.3) is 0 Å². The lowest BCUT2D eigenvalue weighted by atomic mass is 9.33. The minimum atomic E-state index is -0.732. The average molecular weight is 513 g/mol. The van der Waals surface area contributed by atoms with E-state index in [-0.39, 0.29) is 62.5 Å². The van der Waals surface area contributed by atoms with Gasteiger partial charge in [0, 0.05) is 5.92 Å². The van der Waals surface area contributed by atoms with Gasteiger partial charge in [-0.2, -0.15) is 0 Å². The second-order valence-electron chi connectivity index (χ2n) is 15.5. The maximum atomic E-state index is 14.4. The third-order valence-corrected chi connectivity index (χ3v) is 13.6. The molecule has 0 heterocycles. The quantitative estimate of drug-likeness (QED) is 0.410. The molecule has 9 atom stereocenters. The summed E-state index contributed by atoms with van der Waals surface area (Å²) in [4.78, 5) is 39.4. The van der Waals surface area contributed by atoms with Gasteiger partial charge < -0.3 is 9.84 Å². The summed E-state index contributed by atoms with van der Waals surface area (Å²) in [5.41, 5.74) is -0.122. The maximum Gasteiger partial charge on any atom is 0.309 e. The zero-order chi connectivity index (χ0) is 27.4. The molecule has 0 saturated heterocycles. The summed E-state index contributed by atoms with van der Waals surface area (Å²) in [6.45, 7) is 15.8. The second-order valence-corrected chi connectivity index (χ2v) is 15.5. The van der Waals surface area contributed by atoms with Crippen molar-refractivity contribution < 1.29 is 24.2 Å². The van der Waals surface area contributed by atoms with Crippen LogP contribution in [0.1, 0.15) is 106 Å². The smallest absolute Gasteiger partial charge is 0.309 e. The number of hydrogen-bond donors (Lipinski definition) is 1. The van der Waals surface area contributed by atoms with Gasteiger partial charge in [-0.05, 0) is 110 Å². The van der Waals surface area contributed by atoms with Crippen molar-refractivity contribution in [3.8, 4) is 0 Å². The van der Waals surface area contributed by atoms with E-state index in [9.17, 15) is 19.5 Å². The lowest BCUT2D eigenvalue weighted by molar-refractivity contribution is -0.198. The highest BCUT2D eigenvalue weighted by molar-refractivity contribution is 5.95. The van der Waals surface area contributed by atoms with Gasteiger partial charge in [0.2, 0.25) is 0 Å². The molecule has 5 aliphatic carbocycles. The van der Waals surface area contributed by atoms with Crippen molar-refractivity contribution in [1.29, 1.82) is 0 Å². The van der Waals surface area contributed by atoms with Crippen LogP contribution in [0.5, 0.6) is 0 Å². The van der Waals surface area contributed by atoms with Crippen molar-refractivity contribution in [3.05, 3.63) is 11.6 Å². The highest BCUT2D eigenvalue weighted by atomic mass is 16.5. The Morgan fingerprint density at radius 1 is 0.919 bits per heavy atom. The van der Waals surface area contributed by atoms with Crippen molar-refractivity contribution in [2.45, 2.75) is 106 Å². The molecule has 0 radical (unpaired) electrons. The summed E-state index contributed by atoms with van der Waals surface area (Å²) in [6.07, 6.45) is 10.0. The molecule has 5 heteroatoms. The second kappa shape index (κ2) is 7.94. The number of fused-ring (bicyclic) bond motifs is 7. The summed E-state index contributed by atoms with van der Waals surface area (Å²) in [6, 6.07) is 0. The standard InChI is InChI=1S/C32H48O5/c1-27(2)19(25(34)37-8)9-11-30(5)23(27)10-12-32(7)24(30)22(33)17-20-21-18-29(4,26(35)36)14-13-28(21,3)15-16-31(20,32)6/h17,19,21,23-24H,9-16,18H2,1-8H3,(H,35,36)/t19-,21+,23?,24?,28-,29+,30+,31-,32-/m1/s1. The number of rotatable bonds is 2. The molecule has 37 heavy (non-hydrogen) atoms. The fourth-order valence-corrected chi connectivity index (χ4v) is 10.9. The van der Waals surface area contributed by atoms with Crippen LogP contribution in [0.2, 0.25) is 0 Å². The predicted molar refractivity (Wildman–Crippen MR) is 143 cm³/mol. The summed E-state index contributed by atoms with van der Waals surface area (Å²) in [5, 5.41) is 10.1. The van der Waals surface area contributed by atoms with Crippen LogP contribution in [0, 0.1) is 56.2 Å². The first-order valence-corrected chi connectivity index (χ1v) is 14.6. The summed E-state index contributed by atoms with van der Waals surface area (Å²) in [7, 11) is 1.49. The highest BCUT2D eigenvalue weighted by Gasteiger charge is 2.70. The highest BCUT2D eigenvalue weighted by Crippen LogP contribution is 2.75. The minimum Gasteiger partial charge on any atom is -0.481 e. The molecule has 0 bridgehead atoms. The van der Waals surface area contributed by atoms with Gasteiger partial charge in [0.15, 0.2) is 5.78 Å². The average Bonchev–Trinajstić information content (AvgIpc) is 2.80. The zero-order valence-corrected chi connectivity index (χ0v) is 24.3. The number of hydrogen-bond acceptors (Lipinski definition) is 4. The van der Waals surface area contributed by atoms with E-state index >= 15 is 0 Å². The number of ether oxygens (including phenoxy) is 1. The maximum absolute atomic E-state index is 14.4. The third-order valence-electron chi connectivity index (χ3n) is 13.6. The Morgan fingerprint density at radius 2 is 1.57 bits per heavy atom. The van der Waals surface area contributed by atoms with Gasteiger partial charge in [0.05, 0.1) is 18.4 Å². The van der Waals surface area contributed by atoms with E-state index in [1.165, 1.54) is 12.7 Å². The Bertz CT molecular complexity index is 1070. The topological polar surface area (TPSA) is 80.7 Å². The van der Waals surface area contributed by atoms with E-state index in [1.807, 2.05) is 13.0 Å². The molecule has 5 nitrogen and oxygen atoms in total. The first kappa shape index (κ1) is 26.9. The van der Waals surface area contributed by atoms with Gasteiger partial charge in [0.1, 0.15) is 0 Å². The van der Waals surface area contributed by atoms with Crippen LogP contribution in [0.3, 0.4) is 0 Å². The molecule has 0 spiro atoms. The molecule has 0 aliphatic heterocycles. The summed E-state index contributed by atoms with van der Waals surface area (Å²) >= 11 is 0. The number of methoxy groups -OCH3 is 1. The largest absolute Gasteiger partial charge is 0.481 e. The fraction of sp³-hybridized carbons (Fsp3) is 0.844. The Labute approximate surface area is 223 Å². The Balaban J connectivity index is 1.59. The third kappa shape index (κ3) is 3.30. The van der Waals surface area contributed by atoms with Gasteiger partial charge in [-0.3, -0.25) is 14.4 Å². The van der Waals surface area contributed by atoms with E-state index in [4.69, 9.17) is 4.74 Å². The molecule has 0 aromatic carbocycles. The molecule has 4 saturated carbocycles. The molecular weight excluding hydrogens is 464 g/mol. The number of aliphatic carboxylic acids is 1. The van der Waals surface area contributed by atoms with Crippen LogP contribution < -0.4 is 0 Å². The van der Waals surface area contributed by atoms with E-state index < -0.39 is 11.4 Å². The van der Waals surface area contributed by atoms with E-state index in [1.54, 1.807) is 0 Å². The van der Waals surface area contributed by atoms with Crippen molar-refractivity contribution in [2.75, 3.05) is 7.11 Å². The van der Waals surface area contributed by atoms with E-state index in [0.717, 1.165) is 44.9 Å². The van der Waals surface area contributed by atoms with E-state index in [2.05, 4.69) is 41.5 Å². The fourth-order valence-electron chi connectivity index (χ4n) is 10.9. The number of carboxylic acid groups (broad SMARTS) is 1. The van der Waals surface area contributed by atoms with Gasteiger partial charge in [-0.15, -0.1) is 0 Å². The first-order valence-electron chi connectivity index (χ1n) is 14.6. The van der Waals surface area contributed by atoms with E-state index in [0.29, 0.717) is 12.8 Å². The van der Waals surface area contributed by atoms with Crippen LogP contribution in [0.15, 0.2) is 11.6 Å². The van der Waals surface area contributed by atoms with Crippen molar-refractivity contribution in [2.24, 2.45) is 56.2 Å². The first-order chi connectivity index (χ1) is 17.0. The van der Waals surface area contributed by atoms with Crippen molar-refractivity contribution in [1.82, 2.24) is 0 Å². The number of carbonyl (C=O) groups excluding carboxylic acids is 2. The van der Waals surface area contributed by atoms with Gasteiger partial charge >= 0.3 is 11.9 Å². The number of ketones is 1. The molecule has 5 rings (SSSR count). The molecule has 206 valence electrons. The molecule has 0 amide bonds. The van der Waals surface area contributed by atoms with Crippen LogP contribution in [0.4, 0.5) is 0 Å². The molecule has 0 aromatic rings. The minimum absolute atomic E-state index is 0.0610. The monoisotopic (exact) mass is 512 g/mol. The SMILES string of the molecule is COC(=O)[C@H]1CC[C@@]2(C)C(CC[C@]3(C)C2C(=O)C=C2[C@@H]4C[C@@](C)(C(=O)O)CC[C@]4(C)CC[C@]23C)C1(C)C. The van der Waals surface area contributed by atoms with Crippen LogP contribution in [-0.4, -0.2) is 29.9 Å². The van der Waals surface area contributed by atoms with Crippen LogP contribution in [-0.2, 0) is 19.1 Å². The number of carbonyl (C=O) groups is 3. The lowest BCUT2D eigenvalue weighted by Crippen LogP contribution is -2.66. The molecule has 5 aliphatic rings. The van der Waals surface area contributed by atoms with Gasteiger partial charge in [-0.25, -0.2) is 0 Å². The normalized spacial score (nSPS) is 50.5. The van der Waals surface area contributed by atoms with Crippen LogP contribution in [0.25, 0.3) is 0 Å². The molecule has 1 N–H and O–H groups in total. The summed E-state index contributed by atoms with van der Waals surface area (Å²) in [5.74, 6) is -0.365. The number of allylic oxidation sites excluding steroid dienone is 2. The zero-order valence-electron chi connectivity index (χ0n) is 24.3. The predicted octanol–water partition coefficient (Wildman–Crippen LogP) is 6.84.